The monoisotopic (exact) mass is 357 g/mol. The molecule has 0 aromatic carbocycles. The maximum Gasteiger partial charge on any atom is 0.279 e. The number of carbonyl (C=O) groups is 1. The molecule has 1 aromatic rings. The summed E-state index contributed by atoms with van der Waals surface area (Å²) in [6.07, 6.45) is 1.66. The van der Waals surface area contributed by atoms with Crippen LogP contribution in [0.25, 0.3) is 0 Å². The van der Waals surface area contributed by atoms with Crippen LogP contribution in [0.15, 0.2) is 12.3 Å². The van der Waals surface area contributed by atoms with Crippen molar-refractivity contribution in [2.75, 3.05) is 27.2 Å². The maximum atomic E-state index is 12.6. The molecule has 1 amide bonds. The molecule has 9 heteroatoms. The summed E-state index contributed by atoms with van der Waals surface area (Å²) in [6.45, 7) is 7.11. The highest BCUT2D eigenvalue weighted by Gasteiger charge is 2.39. The van der Waals surface area contributed by atoms with Crippen LogP contribution in [0.1, 0.15) is 19.5 Å². The number of nitrogens with zero attached hydrogens (tertiary/aromatic N) is 4. The zero-order valence-corrected chi connectivity index (χ0v) is 15.7. The van der Waals surface area contributed by atoms with E-state index in [4.69, 9.17) is 0 Å². The van der Waals surface area contributed by atoms with E-state index < -0.39 is 10.2 Å². The number of rotatable bonds is 6. The van der Waals surface area contributed by atoms with Gasteiger partial charge in [-0.1, -0.05) is 13.8 Å². The highest BCUT2D eigenvalue weighted by molar-refractivity contribution is 7.87. The summed E-state index contributed by atoms with van der Waals surface area (Å²) in [4.78, 5) is 14.3. The van der Waals surface area contributed by atoms with Gasteiger partial charge in [-0.2, -0.15) is 22.5 Å². The zero-order chi connectivity index (χ0) is 18.1. The molecule has 1 fully saturated rings. The summed E-state index contributed by atoms with van der Waals surface area (Å²) in [6, 6.07) is 1.57. The molecule has 24 heavy (non-hydrogen) atoms. The Balaban J connectivity index is 2.09. The van der Waals surface area contributed by atoms with E-state index >= 15 is 0 Å². The van der Waals surface area contributed by atoms with Gasteiger partial charge < -0.3 is 4.90 Å². The van der Waals surface area contributed by atoms with Gasteiger partial charge in [0.2, 0.25) is 5.91 Å². The Hall–Kier alpha value is -1.45. The molecule has 0 radical (unpaired) electrons. The van der Waals surface area contributed by atoms with Crippen molar-refractivity contribution in [2.45, 2.75) is 33.4 Å². The highest BCUT2D eigenvalue weighted by atomic mass is 32.2. The van der Waals surface area contributed by atoms with Crippen LogP contribution >= 0.6 is 0 Å². The molecule has 8 nitrogen and oxygen atoms in total. The zero-order valence-electron chi connectivity index (χ0n) is 14.9. The van der Waals surface area contributed by atoms with Crippen molar-refractivity contribution in [3.8, 4) is 0 Å². The molecule has 1 N–H and O–H groups in total. The minimum absolute atomic E-state index is 0.0426. The first kappa shape index (κ1) is 18.9. The van der Waals surface area contributed by atoms with Gasteiger partial charge in [0.05, 0.1) is 0 Å². The van der Waals surface area contributed by atoms with Crippen LogP contribution in [-0.2, 0) is 21.5 Å². The molecule has 136 valence electrons. The smallest absolute Gasteiger partial charge is 0.279 e. The number of aryl methyl sites for hydroxylation is 1. The van der Waals surface area contributed by atoms with Gasteiger partial charge in [0.25, 0.3) is 10.2 Å². The van der Waals surface area contributed by atoms with Crippen LogP contribution in [-0.4, -0.2) is 66.5 Å². The molecule has 2 atom stereocenters. The molecular weight excluding hydrogens is 330 g/mol. The van der Waals surface area contributed by atoms with Gasteiger partial charge in [0.1, 0.15) is 6.54 Å². The normalized spacial score (nSPS) is 21.9. The fourth-order valence-corrected chi connectivity index (χ4v) is 3.76. The first-order chi connectivity index (χ1) is 11.1. The quantitative estimate of drug-likeness (QED) is 0.780. The fourth-order valence-electron chi connectivity index (χ4n) is 2.92. The predicted molar refractivity (Wildman–Crippen MR) is 91.4 cm³/mol. The molecule has 1 aromatic heterocycles. The van der Waals surface area contributed by atoms with Crippen molar-refractivity contribution in [3.05, 3.63) is 18.0 Å². The largest absolute Gasteiger partial charge is 0.339 e. The lowest BCUT2D eigenvalue weighted by Crippen LogP contribution is -2.47. The molecule has 2 rings (SSSR count). The lowest BCUT2D eigenvalue weighted by Gasteiger charge is -2.24. The SMILES string of the molecule is Cc1ccnn1CC(=O)N1C[C@@H](NS(=O)(=O)N(C)C)[C@H](C(C)C)C1. The van der Waals surface area contributed by atoms with Gasteiger partial charge >= 0.3 is 0 Å². The molecule has 0 aliphatic carbocycles. The Bertz CT molecular complexity index is 683. The van der Waals surface area contributed by atoms with E-state index in [-0.39, 0.29) is 30.3 Å². The molecule has 1 aliphatic rings. The van der Waals surface area contributed by atoms with Crippen molar-refractivity contribution in [1.82, 2.24) is 23.7 Å². The highest BCUT2D eigenvalue weighted by Crippen LogP contribution is 2.25. The number of hydrogen-bond acceptors (Lipinski definition) is 4. The number of likely N-dealkylation sites (tertiary alicyclic amines) is 1. The number of amides is 1. The third-order valence-electron chi connectivity index (χ3n) is 4.57. The molecular formula is C15H27N5O3S. The second kappa shape index (κ2) is 7.20. The van der Waals surface area contributed by atoms with E-state index in [2.05, 4.69) is 9.82 Å². The summed E-state index contributed by atoms with van der Waals surface area (Å²) in [7, 11) is -0.544. The fraction of sp³-hybridized carbons (Fsp3) is 0.733. The average molecular weight is 357 g/mol. The van der Waals surface area contributed by atoms with Crippen LogP contribution < -0.4 is 4.72 Å². The minimum atomic E-state index is -3.53. The molecule has 0 unspecified atom stereocenters. The Labute approximate surface area is 144 Å². The van der Waals surface area contributed by atoms with Crippen LogP contribution in [0, 0.1) is 18.8 Å². The number of hydrogen-bond donors (Lipinski definition) is 1. The average Bonchev–Trinajstić information content (AvgIpc) is 3.05. The van der Waals surface area contributed by atoms with Crippen LogP contribution in [0.5, 0.6) is 0 Å². The van der Waals surface area contributed by atoms with Crippen LogP contribution in [0.4, 0.5) is 0 Å². The van der Waals surface area contributed by atoms with Gasteiger partial charge in [-0.05, 0) is 24.8 Å². The minimum Gasteiger partial charge on any atom is -0.339 e. The summed E-state index contributed by atoms with van der Waals surface area (Å²) < 4.78 is 29.8. The Morgan fingerprint density at radius 1 is 1.42 bits per heavy atom. The lowest BCUT2D eigenvalue weighted by atomic mass is 9.92. The third-order valence-corrected chi connectivity index (χ3v) is 6.13. The molecule has 0 bridgehead atoms. The van der Waals surface area contributed by atoms with Crippen molar-refractivity contribution < 1.29 is 13.2 Å². The number of carbonyl (C=O) groups excluding carboxylic acids is 1. The Morgan fingerprint density at radius 3 is 2.58 bits per heavy atom. The second-order valence-corrected chi connectivity index (χ2v) is 8.76. The summed E-state index contributed by atoms with van der Waals surface area (Å²) in [5, 5.41) is 4.13. The standard InChI is InChI=1S/C15H27N5O3S/c1-11(2)13-8-19(9-14(13)17-24(22,23)18(4)5)15(21)10-20-12(3)6-7-16-20/h6-7,11,13-14,17H,8-10H2,1-5H3/t13-,14+/m0/s1. The molecule has 1 aliphatic heterocycles. The first-order valence-electron chi connectivity index (χ1n) is 8.07. The van der Waals surface area contributed by atoms with Crippen molar-refractivity contribution >= 4 is 16.1 Å². The molecule has 0 spiro atoms. The van der Waals surface area contributed by atoms with E-state index in [0.717, 1.165) is 10.00 Å². The van der Waals surface area contributed by atoms with Gasteiger partial charge in [-0.15, -0.1) is 0 Å². The van der Waals surface area contributed by atoms with Gasteiger partial charge in [-0.3, -0.25) is 9.48 Å². The molecule has 2 heterocycles. The van der Waals surface area contributed by atoms with Gasteiger partial charge in [0.15, 0.2) is 0 Å². The van der Waals surface area contributed by atoms with E-state index in [9.17, 15) is 13.2 Å². The summed E-state index contributed by atoms with van der Waals surface area (Å²) in [5.41, 5.74) is 0.924. The van der Waals surface area contributed by atoms with E-state index in [0.29, 0.717) is 13.1 Å². The van der Waals surface area contributed by atoms with Crippen molar-refractivity contribution in [2.24, 2.45) is 11.8 Å². The van der Waals surface area contributed by atoms with E-state index in [1.807, 2.05) is 26.8 Å². The Kier molecular flexibility index (Phi) is 5.67. The third kappa shape index (κ3) is 4.14. The van der Waals surface area contributed by atoms with Crippen LogP contribution in [0.2, 0.25) is 0 Å². The van der Waals surface area contributed by atoms with Gasteiger partial charge in [0, 0.05) is 45.1 Å². The summed E-state index contributed by atoms with van der Waals surface area (Å²) >= 11 is 0. The summed E-state index contributed by atoms with van der Waals surface area (Å²) in [5.74, 6) is 0.311. The Morgan fingerprint density at radius 2 is 2.08 bits per heavy atom. The van der Waals surface area contributed by atoms with Crippen molar-refractivity contribution in [1.29, 1.82) is 0 Å². The number of nitrogens with one attached hydrogen (secondary N) is 1. The lowest BCUT2D eigenvalue weighted by molar-refractivity contribution is -0.131. The van der Waals surface area contributed by atoms with Crippen molar-refractivity contribution in [3.63, 3.8) is 0 Å². The van der Waals surface area contributed by atoms with E-state index in [1.54, 1.807) is 15.8 Å². The first-order valence-corrected chi connectivity index (χ1v) is 9.51. The number of aromatic nitrogens is 2. The van der Waals surface area contributed by atoms with E-state index in [1.165, 1.54) is 14.1 Å². The topological polar surface area (TPSA) is 87.5 Å². The second-order valence-electron chi connectivity index (χ2n) is 6.85. The maximum absolute atomic E-state index is 12.6. The van der Waals surface area contributed by atoms with Crippen LogP contribution in [0.3, 0.4) is 0 Å². The van der Waals surface area contributed by atoms with Gasteiger partial charge in [-0.25, -0.2) is 0 Å². The molecule has 1 saturated heterocycles. The molecule has 0 saturated carbocycles. The predicted octanol–water partition coefficient (Wildman–Crippen LogP) is 0.0705.